The highest BCUT2D eigenvalue weighted by molar-refractivity contribution is 5.97. The van der Waals surface area contributed by atoms with Gasteiger partial charge in [-0.1, -0.05) is 6.07 Å². The highest BCUT2D eigenvalue weighted by Gasteiger charge is 2.15. The zero-order chi connectivity index (χ0) is 20.4. The first-order chi connectivity index (χ1) is 14.1. The second kappa shape index (κ2) is 7.87. The van der Waals surface area contributed by atoms with E-state index in [0.29, 0.717) is 24.2 Å². The Morgan fingerprint density at radius 1 is 1.14 bits per heavy atom. The van der Waals surface area contributed by atoms with E-state index in [1.807, 2.05) is 37.3 Å². The largest absolute Gasteiger partial charge is 0.352 e. The summed E-state index contributed by atoms with van der Waals surface area (Å²) in [6, 6.07) is 13.8. The molecule has 148 valence electrons. The lowest BCUT2D eigenvalue weighted by Crippen LogP contribution is -2.22. The van der Waals surface area contributed by atoms with Gasteiger partial charge < -0.3 is 9.88 Å². The molecule has 1 N–H and O–H groups in total. The molecule has 2 aromatic carbocycles. The first kappa shape index (κ1) is 18.9. The van der Waals surface area contributed by atoms with Gasteiger partial charge in [0.05, 0.1) is 22.4 Å². The van der Waals surface area contributed by atoms with Crippen LogP contribution >= 0.6 is 0 Å². The Labute approximate surface area is 168 Å². The minimum absolute atomic E-state index is 0.105. The monoisotopic (exact) mass is 391 g/mol. The average molecular weight is 391 g/mol. The van der Waals surface area contributed by atoms with Gasteiger partial charge in [-0.15, -0.1) is 0 Å². The molecule has 1 amide bonds. The number of amides is 1. The molecular weight excluding hydrogens is 369 g/mol. The topological polar surface area (TPSA) is 64.7 Å². The van der Waals surface area contributed by atoms with Gasteiger partial charge in [-0.2, -0.15) is 5.10 Å². The van der Waals surface area contributed by atoms with Crippen LogP contribution in [0, 0.1) is 5.82 Å². The minimum Gasteiger partial charge on any atom is -0.352 e. The van der Waals surface area contributed by atoms with E-state index >= 15 is 0 Å². The van der Waals surface area contributed by atoms with Crippen molar-refractivity contribution in [1.29, 1.82) is 0 Å². The fraction of sp³-hybridized carbons (Fsp3) is 0.227. The molecule has 0 bridgehead atoms. The van der Waals surface area contributed by atoms with Crippen molar-refractivity contribution in [2.75, 3.05) is 6.54 Å². The maximum absolute atomic E-state index is 13.6. The van der Waals surface area contributed by atoms with Crippen LogP contribution in [-0.4, -0.2) is 31.8 Å². The summed E-state index contributed by atoms with van der Waals surface area (Å²) in [5.74, 6) is 0.461. The molecule has 2 aromatic heterocycles. The van der Waals surface area contributed by atoms with Crippen molar-refractivity contribution >= 4 is 16.9 Å². The summed E-state index contributed by atoms with van der Waals surface area (Å²) in [5, 5.41) is 7.16. The second-order valence-corrected chi connectivity index (χ2v) is 6.73. The van der Waals surface area contributed by atoms with Crippen LogP contribution in [0.3, 0.4) is 0 Å². The number of hydrogen-bond acceptors (Lipinski definition) is 3. The molecule has 29 heavy (non-hydrogen) atoms. The Kier molecular flexibility index (Phi) is 5.12. The Hall–Kier alpha value is -3.48. The Bertz CT molecular complexity index is 1180. The summed E-state index contributed by atoms with van der Waals surface area (Å²) in [6.45, 7) is 5.28. The van der Waals surface area contributed by atoms with Gasteiger partial charge in [0.2, 0.25) is 0 Å². The SMILES string of the molecule is CCNC(=O)c1ccc2c(c1)nc(Cc1ccnn1-c1cccc(F)c1)n2CC. The van der Waals surface area contributed by atoms with E-state index in [4.69, 9.17) is 4.98 Å². The fourth-order valence-corrected chi connectivity index (χ4v) is 3.54. The van der Waals surface area contributed by atoms with Crippen LogP contribution in [0.4, 0.5) is 4.39 Å². The summed E-state index contributed by atoms with van der Waals surface area (Å²) in [4.78, 5) is 16.9. The van der Waals surface area contributed by atoms with Gasteiger partial charge in [-0.05, 0) is 56.3 Å². The van der Waals surface area contributed by atoms with Crippen LogP contribution in [-0.2, 0) is 13.0 Å². The van der Waals surface area contributed by atoms with Crippen LogP contribution in [0.15, 0.2) is 54.7 Å². The standard InChI is InChI=1S/C22H22FN5O/c1-3-24-22(29)15-8-9-20-19(12-15)26-21(27(20)4-2)14-18-10-11-25-28(18)17-7-5-6-16(23)13-17/h5-13H,3-4,14H2,1-2H3,(H,24,29). The average Bonchev–Trinajstić information content (AvgIpc) is 3.31. The van der Waals surface area contributed by atoms with Gasteiger partial charge in [0.1, 0.15) is 11.6 Å². The Balaban J connectivity index is 1.72. The van der Waals surface area contributed by atoms with Gasteiger partial charge in [0, 0.05) is 31.3 Å². The van der Waals surface area contributed by atoms with Gasteiger partial charge in [-0.3, -0.25) is 4.79 Å². The van der Waals surface area contributed by atoms with Crippen molar-refractivity contribution in [3.63, 3.8) is 0 Å². The van der Waals surface area contributed by atoms with Crippen molar-refractivity contribution in [2.45, 2.75) is 26.8 Å². The number of halogens is 1. The molecule has 0 unspecified atom stereocenters. The van der Waals surface area contributed by atoms with E-state index in [9.17, 15) is 9.18 Å². The van der Waals surface area contributed by atoms with Crippen molar-refractivity contribution in [3.8, 4) is 5.69 Å². The van der Waals surface area contributed by atoms with E-state index in [-0.39, 0.29) is 11.7 Å². The number of rotatable bonds is 6. The third-order valence-electron chi connectivity index (χ3n) is 4.86. The van der Waals surface area contributed by atoms with Gasteiger partial charge in [0.15, 0.2) is 0 Å². The fourth-order valence-electron chi connectivity index (χ4n) is 3.54. The maximum Gasteiger partial charge on any atom is 0.251 e. The molecule has 0 aliphatic heterocycles. The van der Waals surface area contributed by atoms with Crippen LogP contribution in [0.25, 0.3) is 16.7 Å². The second-order valence-electron chi connectivity index (χ2n) is 6.73. The number of carbonyl (C=O) groups is 1. The highest BCUT2D eigenvalue weighted by Crippen LogP contribution is 2.21. The van der Waals surface area contributed by atoms with Crippen LogP contribution in [0.1, 0.15) is 35.7 Å². The predicted octanol–water partition coefficient (Wildman–Crippen LogP) is 3.72. The quantitative estimate of drug-likeness (QED) is 0.545. The van der Waals surface area contributed by atoms with E-state index in [2.05, 4.69) is 21.9 Å². The third kappa shape index (κ3) is 3.63. The summed E-state index contributed by atoms with van der Waals surface area (Å²) < 4.78 is 17.5. The van der Waals surface area contributed by atoms with Crippen molar-refractivity contribution < 1.29 is 9.18 Å². The summed E-state index contributed by atoms with van der Waals surface area (Å²) in [7, 11) is 0. The predicted molar refractivity (Wildman–Crippen MR) is 110 cm³/mol. The molecule has 4 aromatic rings. The zero-order valence-electron chi connectivity index (χ0n) is 16.4. The molecule has 7 heteroatoms. The molecule has 0 aliphatic carbocycles. The number of benzene rings is 2. The van der Waals surface area contributed by atoms with E-state index < -0.39 is 0 Å². The lowest BCUT2D eigenvalue weighted by atomic mass is 10.2. The normalized spacial score (nSPS) is 11.1. The van der Waals surface area contributed by atoms with E-state index in [0.717, 1.165) is 29.1 Å². The number of carbonyl (C=O) groups excluding carboxylic acids is 1. The third-order valence-corrected chi connectivity index (χ3v) is 4.86. The molecule has 6 nitrogen and oxygen atoms in total. The minimum atomic E-state index is -0.303. The number of nitrogens with one attached hydrogen (secondary N) is 1. The lowest BCUT2D eigenvalue weighted by Gasteiger charge is -2.09. The number of hydrogen-bond donors (Lipinski definition) is 1. The van der Waals surface area contributed by atoms with E-state index in [1.54, 1.807) is 16.9 Å². The molecule has 4 rings (SSSR count). The summed E-state index contributed by atoms with van der Waals surface area (Å²) in [6.07, 6.45) is 2.24. The number of imidazole rings is 1. The van der Waals surface area contributed by atoms with Gasteiger partial charge in [-0.25, -0.2) is 14.1 Å². The molecule has 0 atom stereocenters. The molecule has 0 radical (unpaired) electrons. The molecule has 0 aliphatic rings. The number of aryl methyl sites for hydroxylation is 1. The van der Waals surface area contributed by atoms with Gasteiger partial charge >= 0.3 is 0 Å². The molecule has 2 heterocycles. The Morgan fingerprint density at radius 3 is 2.76 bits per heavy atom. The maximum atomic E-state index is 13.6. The molecule has 0 saturated carbocycles. The smallest absolute Gasteiger partial charge is 0.251 e. The number of aromatic nitrogens is 4. The number of fused-ring (bicyclic) bond motifs is 1. The van der Waals surface area contributed by atoms with Crippen LogP contribution < -0.4 is 5.32 Å². The first-order valence-electron chi connectivity index (χ1n) is 9.67. The summed E-state index contributed by atoms with van der Waals surface area (Å²) in [5.41, 5.74) is 3.93. The zero-order valence-corrected chi connectivity index (χ0v) is 16.4. The van der Waals surface area contributed by atoms with Crippen molar-refractivity contribution in [2.24, 2.45) is 0 Å². The number of nitrogens with zero attached hydrogens (tertiary/aromatic N) is 4. The molecular formula is C22H22FN5O. The summed E-state index contributed by atoms with van der Waals surface area (Å²) >= 11 is 0. The molecule has 0 spiro atoms. The van der Waals surface area contributed by atoms with Crippen LogP contribution in [0.5, 0.6) is 0 Å². The Morgan fingerprint density at radius 2 is 2.00 bits per heavy atom. The van der Waals surface area contributed by atoms with E-state index in [1.165, 1.54) is 12.1 Å². The lowest BCUT2D eigenvalue weighted by molar-refractivity contribution is 0.0956. The van der Waals surface area contributed by atoms with Gasteiger partial charge in [0.25, 0.3) is 5.91 Å². The first-order valence-corrected chi connectivity index (χ1v) is 9.67. The molecule has 0 fully saturated rings. The van der Waals surface area contributed by atoms with Crippen molar-refractivity contribution in [3.05, 3.63) is 77.6 Å². The molecule has 0 saturated heterocycles. The highest BCUT2D eigenvalue weighted by atomic mass is 19.1. The van der Waals surface area contributed by atoms with Crippen LogP contribution in [0.2, 0.25) is 0 Å². The van der Waals surface area contributed by atoms with Crippen molar-refractivity contribution in [1.82, 2.24) is 24.6 Å².